The van der Waals surface area contributed by atoms with E-state index in [0.29, 0.717) is 0 Å². The molecule has 1 aromatic rings. The smallest absolute Gasteiger partial charge is 0.225 e. The molecule has 0 unspecified atom stereocenters. The van der Waals surface area contributed by atoms with Crippen molar-refractivity contribution in [2.24, 2.45) is 5.41 Å². The van der Waals surface area contributed by atoms with E-state index in [0.717, 1.165) is 38.5 Å². The fourth-order valence-corrected chi connectivity index (χ4v) is 2.16. The molecule has 94 valence electrons. The highest BCUT2D eigenvalue weighted by molar-refractivity contribution is 5.31. The molecule has 0 aliphatic carbocycles. The maximum Gasteiger partial charge on any atom is 0.225 e. The van der Waals surface area contributed by atoms with Crippen molar-refractivity contribution in [1.82, 2.24) is 15.3 Å². The van der Waals surface area contributed by atoms with E-state index in [1.165, 1.54) is 5.56 Å². The van der Waals surface area contributed by atoms with Crippen LogP contribution in [0.5, 0.6) is 0 Å². The number of aromatic nitrogens is 2. The molecule has 2 rings (SSSR count). The predicted octanol–water partition coefficient (Wildman–Crippen LogP) is 1.47. The molecule has 0 spiro atoms. The monoisotopic (exact) mass is 234 g/mol. The summed E-state index contributed by atoms with van der Waals surface area (Å²) in [7, 11) is 0. The van der Waals surface area contributed by atoms with E-state index in [2.05, 4.69) is 41.0 Å². The second-order valence-electron chi connectivity index (χ2n) is 5.51. The molecule has 1 saturated heterocycles. The average Bonchev–Trinajstić information content (AvgIpc) is 2.50. The Kier molecular flexibility index (Phi) is 3.62. The SMILES string of the molecule is CCc1cnc(N2CCNCC(C)(C)C2)nc1. The Morgan fingerprint density at radius 2 is 2.06 bits per heavy atom. The topological polar surface area (TPSA) is 41.1 Å². The molecular formula is C13H22N4. The molecule has 0 saturated carbocycles. The van der Waals surface area contributed by atoms with Crippen molar-refractivity contribution in [3.63, 3.8) is 0 Å². The first-order chi connectivity index (χ1) is 8.11. The van der Waals surface area contributed by atoms with Gasteiger partial charge in [-0.15, -0.1) is 0 Å². The summed E-state index contributed by atoms with van der Waals surface area (Å²) in [4.78, 5) is 11.2. The van der Waals surface area contributed by atoms with Crippen LogP contribution in [0.4, 0.5) is 5.95 Å². The molecule has 0 amide bonds. The fourth-order valence-electron chi connectivity index (χ4n) is 2.16. The van der Waals surface area contributed by atoms with Crippen LogP contribution in [0, 0.1) is 5.41 Å². The van der Waals surface area contributed by atoms with Gasteiger partial charge in [-0.1, -0.05) is 20.8 Å². The second kappa shape index (κ2) is 5.00. The van der Waals surface area contributed by atoms with Crippen molar-refractivity contribution >= 4 is 5.95 Å². The van der Waals surface area contributed by atoms with Crippen LogP contribution in [0.25, 0.3) is 0 Å². The Morgan fingerprint density at radius 1 is 1.35 bits per heavy atom. The molecule has 1 N–H and O–H groups in total. The highest BCUT2D eigenvalue weighted by Gasteiger charge is 2.25. The lowest BCUT2D eigenvalue weighted by Gasteiger charge is -2.28. The van der Waals surface area contributed by atoms with Gasteiger partial charge < -0.3 is 10.2 Å². The largest absolute Gasteiger partial charge is 0.339 e. The number of nitrogens with one attached hydrogen (secondary N) is 1. The lowest BCUT2D eigenvalue weighted by atomic mass is 9.93. The number of rotatable bonds is 2. The first-order valence-corrected chi connectivity index (χ1v) is 6.37. The van der Waals surface area contributed by atoms with Gasteiger partial charge in [-0.25, -0.2) is 9.97 Å². The van der Waals surface area contributed by atoms with Gasteiger partial charge >= 0.3 is 0 Å². The summed E-state index contributed by atoms with van der Waals surface area (Å²) in [5.41, 5.74) is 1.46. The van der Waals surface area contributed by atoms with Crippen molar-refractivity contribution < 1.29 is 0 Å². The molecular weight excluding hydrogens is 212 g/mol. The van der Waals surface area contributed by atoms with Crippen LogP contribution in [0.3, 0.4) is 0 Å². The quantitative estimate of drug-likeness (QED) is 0.841. The summed E-state index contributed by atoms with van der Waals surface area (Å²) in [5, 5.41) is 3.46. The van der Waals surface area contributed by atoms with Crippen molar-refractivity contribution in [3.8, 4) is 0 Å². The van der Waals surface area contributed by atoms with Crippen LogP contribution in [0.15, 0.2) is 12.4 Å². The predicted molar refractivity (Wildman–Crippen MR) is 70.3 cm³/mol. The first-order valence-electron chi connectivity index (χ1n) is 6.37. The zero-order chi connectivity index (χ0) is 12.3. The van der Waals surface area contributed by atoms with Gasteiger partial charge in [0.15, 0.2) is 0 Å². The van der Waals surface area contributed by atoms with Crippen LogP contribution >= 0.6 is 0 Å². The number of hydrogen-bond donors (Lipinski definition) is 1. The van der Waals surface area contributed by atoms with Crippen LogP contribution in [-0.2, 0) is 6.42 Å². The summed E-state index contributed by atoms with van der Waals surface area (Å²) in [6.07, 6.45) is 4.87. The molecule has 0 aromatic carbocycles. The Hall–Kier alpha value is -1.16. The molecule has 4 nitrogen and oxygen atoms in total. The van der Waals surface area contributed by atoms with Crippen LogP contribution < -0.4 is 10.2 Å². The maximum atomic E-state index is 4.47. The van der Waals surface area contributed by atoms with Crippen molar-refractivity contribution in [2.75, 3.05) is 31.1 Å². The van der Waals surface area contributed by atoms with Crippen molar-refractivity contribution in [1.29, 1.82) is 0 Å². The van der Waals surface area contributed by atoms with Crippen molar-refractivity contribution in [3.05, 3.63) is 18.0 Å². The zero-order valence-corrected chi connectivity index (χ0v) is 11.0. The van der Waals surface area contributed by atoms with Gasteiger partial charge in [-0.2, -0.15) is 0 Å². The van der Waals surface area contributed by atoms with Gasteiger partial charge in [0.2, 0.25) is 5.95 Å². The molecule has 1 aromatic heterocycles. The summed E-state index contributed by atoms with van der Waals surface area (Å²) in [5.74, 6) is 0.860. The minimum atomic E-state index is 0.267. The zero-order valence-electron chi connectivity index (χ0n) is 11.0. The van der Waals surface area contributed by atoms with E-state index in [1.807, 2.05) is 12.4 Å². The van der Waals surface area contributed by atoms with Gasteiger partial charge in [0.25, 0.3) is 0 Å². The number of nitrogens with zero attached hydrogens (tertiary/aromatic N) is 3. The van der Waals surface area contributed by atoms with Crippen LogP contribution in [0.1, 0.15) is 26.3 Å². The molecule has 0 bridgehead atoms. The molecule has 1 aliphatic heterocycles. The van der Waals surface area contributed by atoms with E-state index in [9.17, 15) is 0 Å². The average molecular weight is 234 g/mol. The summed E-state index contributed by atoms with van der Waals surface area (Å²) < 4.78 is 0. The highest BCUT2D eigenvalue weighted by Crippen LogP contribution is 2.20. The van der Waals surface area contributed by atoms with E-state index in [-0.39, 0.29) is 5.41 Å². The molecule has 1 aliphatic rings. The lowest BCUT2D eigenvalue weighted by Crippen LogP contribution is -2.36. The Labute approximate surface area is 103 Å². The Bertz CT molecular complexity index is 358. The normalized spacial score (nSPS) is 20.1. The van der Waals surface area contributed by atoms with E-state index >= 15 is 0 Å². The van der Waals surface area contributed by atoms with E-state index in [4.69, 9.17) is 0 Å². The Balaban J connectivity index is 2.14. The van der Waals surface area contributed by atoms with Crippen LogP contribution in [0.2, 0.25) is 0 Å². The summed E-state index contributed by atoms with van der Waals surface area (Å²) in [6, 6.07) is 0. The molecule has 2 heterocycles. The van der Waals surface area contributed by atoms with Gasteiger partial charge in [0.1, 0.15) is 0 Å². The standard InChI is InChI=1S/C13H22N4/c1-4-11-7-15-12(16-8-11)17-6-5-14-9-13(2,3)10-17/h7-8,14H,4-6,9-10H2,1-3H3. The van der Waals surface area contributed by atoms with Crippen molar-refractivity contribution in [2.45, 2.75) is 27.2 Å². The van der Waals surface area contributed by atoms with Gasteiger partial charge in [0.05, 0.1) is 0 Å². The molecule has 0 radical (unpaired) electrons. The van der Waals surface area contributed by atoms with Gasteiger partial charge in [-0.05, 0) is 17.4 Å². The second-order valence-corrected chi connectivity index (χ2v) is 5.51. The molecule has 1 fully saturated rings. The van der Waals surface area contributed by atoms with E-state index in [1.54, 1.807) is 0 Å². The third-order valence-corrected chi connectivity index (χ3v) is 3.16. The molecule has 0 atom stereocenters. The molecule has 17 heavy (non-hydrogen) atoms. The number of aryl methyl sites for hydroxylation is 1. The Morgan fingerprint density at radius 3 is 2.71 bits per heavy atom. The molecule has 4 heteroatoms. The van der Waals surface area contributed by atoms with Gasteiger partial charge in [0, 0.05) is 38.6 Å². The highest BCUT2D eigenvalue weighted by atomic mass is 15.3. The number of hydrogen-bond acceptors (Lipinski definition) is 4. The minimum Gasteiger partial charge on any atom is -0.339 e. The minimum absolute atomic E-state index is 0.267. The van der Waals surface area contributed by atoms with E-state index < -0.39 is 0 Å². The third kappa shape index (κ3) is 3.16. The summed E-state index contributed by atoms with van der Waals surface area (Å²) in [6.45, 7) is 10.7. The van der Waals surface area contributed by atoms with Crippen LogP contribution in [-0.4, -0.2) is 36.1 Å². The van der Waals surface area contributed by atoms with Gasteiger partial charge in [-0.3, -0.25) is 0 Å². The maximum absolute atomic E-state index is 4.47. The summed E-state index contributed by atoms with van der Waals surface area (Å²) >= 11 is 0. The third-order valence-electron chi connectivity index (χ3n) is 3.16. The first kappa shape index (κ1) is 12.3. The lowest BCUT2D eigenvalue weighted by molar-refractivity contribution is 0.369. The fraction of sp³-hybridized carbons (Fsp3) is 0.692. The number of anilines is 1.